The van der Waals surface area contributed by atoms with Crippen LogP contribution in [0.3, 0.4) is 0 Å². The van der Waals surface area contributed by atoms with Gasteiger partial charge in [0.15, 0.2) is 0 Å². The maximum Gasteiger partial charge on any atom is 0.408 e. The van der Waals surface area contributed by atoms with Crippen LogP contribution in [0.1, 0.15) is 38.8 Å². The number of methoxy groups -OCH3 is 1. The van der Waals surface area contributed by atoms with Crippen LogP contribution in [0.2, 0.25) is 0 Å². The van der Waals surface area contributed by atoms with Crippen molar-refractivity contribution in [2.24, 2.45) is 5.92 Å². The molecule has 0 fully saturated rings. The lowest BCUT2D eigenvalue weighted by molar-refractivity contribution is -0.0449. The topological polar surface area (TPSA) is 59.0 Å². The first-order valence-electron chi connectivity index (χ1n) is 7.70. The summed E-state index contributed by atoms with van der Waals surface area (Å²) in [4.78, 5) is 13.3. The second-order valence-electron chi connectivity index (χ2n) is 5.94. The molecule has 0 aliphatic carbocycles. The Bertz CT molecular complexity index is 495. The van der Waals surface area contributed by atoms with E-state index in [0.29, 0.717) is 13.0 Å². The molecule has 1 aromatic carbocycles. The largest absolute Gasteiger partial charge is 0.465 e. The Balaban J connectivity index is 3.01. The fourth-order valence-electron chi connectivity index (χ4n) is 2.63. The van der Waals surface area contributed by atoms with Gasteiger partial charge in [0.05, 0.1) is 12.6 Å². The van der Waals surface area contributed by atoms with Crippen LogP contribution < -0.4 is 0 Å². The molecule has 2 atom stereocenters. The second kappa shape index (κ2) is 10.1. The molecule has 1 unspecified atom stereocenters. The first-order valence-corrected chi connectivity index (χ1v) is 8.78. The molecule has 0 aliphatic heterocycles. The first kappa shape index (κ1) is 20.2. The molecule has 1 amide bonds. The fraction of sp³-hybridized carbons (Fsp3) is 0.588. The molecule has 130 valence electrons. The maximum absolute atomic E-state index is 11.8. The Hall–Kier alpha value is -0.860. The van der Waals surface area contributed by atoms with Crippen LogP contribution in [-0.2, 0) is 9.47 Å². The number of carboxylic acid groups (broad SMARTS) is 1. The second-order valence-corrected chi connectivity index (χ2v) is 7.10. The third-order valence-electron chi connectivity index (χ3n) is 3.61. The molecule has 0 radical (unpaired) electrons. The standard InChI is InChI=1S/C17H26INO4/c1-12(2)19(17(20)21)16(9-13(3)10-23-11-22-4)14-7-5-6-8-15(14)18/h5-8,12-13,16H,9-11H2,1-4H3,(H,20,21)/t13-,16?/m0/s1. The van der Waals surface area contributed by atoms with Crippen LogP contribution >= 0.6 is 22.6 Å². The molecule has 0 heterocycles. The molecule has 0 saturated heterocycles. The highest BCUT2D eigenvalue weighted by Gasteiger charge is 2.29. The average Bonchev–Trinajstić information content (AvgIpc) is 2.46. The SMILES string of the molecule is COCOC[C@@H](C)CC(c1ccccc1I)N(C(=O)O)C(C)C. The van der Waals surface area contributed by atoms with E-state index in [2.05, 4.69) is 29.5 Å². The van der Waals surface area contributed by atoms with Crippen molar-refractivity contribution in [1.29, 1.82) is 0 Å². The summed E-state index contributed by atoms with van der Waals surface area (Å²) in [7, 11) is 1.59. The summed E-state index contributed by atoms with van der Waals surface area (Å²) >= 11 is 2.27. The lowest BCUT2D eigenvalue weighted by Gasteiger charge is -2.35. The zero-order chi connectivity index (χ0) is 17.4. The summed E-state index contributed by atoms with van der Waals surface area (Å²) < 4.78 is 11.4. The van der Waals surface area contributed by atoms with E-state index < -0.39 is 6.09 Å². The third kappa shape index (κ3) is 6.27. The van der Waals surface area contributed by atoms with Gasteiger partial charge in [-0.15, -0.1) is 0 Å². The van der Waals surface area contributed by atoms with E-state index in [4.69, 9.17) is 9.47 Å². The van der Waals surface area contributed by atoms with Gasteiger partial charge in [-0.25, -0.2) is 4.79 Å². The minimum Gasteiger partial charge on any atom is -0.465 e. The predicted octanol–water partition coefficient (Wildman–Crippen LogP) is 4.37. The number of hydrogen-bond acceptors (Lipinski definition) is 3. The monoisotopic (exact) mass is 435 g/mol. The quantitative estimate of drug-likeness (QED) is 0.356. The summed E-state index contributed by atoms with van der Waals surface area (Å²) in [6.07, 6.45) is -0.191. The van der Waals surface area contributed by atoms with Gasteiger partial charge in [-0.1, -0.05) is 25.1 Å². The van der Waals surface area contributed by atoms with Crippen LogP contribution in [0, 0.1) is 9.49 Å². The minimum atomic E-state index is -0.894. The number of ether oxygens (including phenoxy) is 2. The van der Waals surface area contributed by atoms with Crippen LogP contribution in [0.5, 0.6) is 0 Å². The van der Waals surface area contributed by atoms with Crippen LogP contribution in [0.25, 0.3) is 0 Å². The van der Waals surface area contributed by atoms with Crippen molar-refractivity contribution >= 4 is 28.7 Å². The number of hydrogen-bond donors (Lipinski definition) is 1. The van der Waals surface area contributed by atoms with E-state index in [1.54, 1.807) is 7.11 Å². The van der Waals surface area contributed by atoms with E-state index >= 15 is 0 Å². The lowest BCUT2D eigenvalue weighted by atomic mass is 9.94. The first-order chi connectivity index (χ1) is 10.9. The van der Waals surface area contributed by atoms with Gasteiger partial charge >= 0.3 is 6.09 Å². The highest BCUT2D eigenvalue weighted by Crippen LogP contribution is 2.32. The average molecular weight is 435 g/mol. The normalized spacial score (nSPS) is 13.8. The van der Waals surface area contributed by atoms with Crippen molar-refractivity contribution in [2.45, 2.75) is 39.3 Å². The van der Waals surface area contributed by atoms with Gasteiger partial charge in [0.25, 0.3) is 0 Å². The highest BCUT2D eigenvalue weighted by atomic mass is 127. The van der Waals surface area contributed by atoms with E-state index in [0.717, 1.165) is 9.13 Å². The number of carbonyl (C=O) groups is 1. The molecular formula is C17H26INO4. The molecule has 5 nitrogen and oxygen atoms in total. The lowest BCUT2D eigenvalue weighted by Crippen LogP contribution is -2.40. The van der Waals surface area contributed by atoms with Crippen molar-refractivity contribution in [2.75, 3.05) is 20.5 Å². The number of rotatable bonds is 9. The van der Waals surface area contributed by atoms with Gasteiger partial charge < -0.3 is 14.6 Å². The summed E-state index contributed by atoms with van der Waals surface area (Å²) in [5, 5.41) is 9.67. The Labute approximate surface area is 152 Å². The fourth-order valence-corrected chi connectivity index (χ4v) is 3.38. The van der Waals surface area contributed by atoms with Gasteiger partial charge in [-0.05, 0) is 60.4 Å². The van der Waals surface area contributed by atoms with Crippen molar-refractivity contribution in [3.8, 4) is 0 Å². The Morgan fingerprint density at radius 2 is 1.96 bits per heavy atom. The van der Waals surface area contributed by atoms with Gasteiger partial charge in [0.2, 0.25) is 0 Å². The van der Waals surface area contributed by atoms with Crippen molar-refractivity contribution in [1.82, 2.24) is 4.90 Å². The zero-order valence-electron chi connectivity index (χ0n) is 14.2. The van der Waals surface area contributed by atoms with Crippen molar-refractivity contribution in [3.63, 3.8) is 0 Å². The van der Waals surface area contributed by atoms with Gasteiger partial charge in [-0.3, -0.25) is 4.90 Å². The number of amides is 1. The minimum absolute atomic E-state index is 0.0967. The van der Waals surface area contributed by atoms with Crippen LogP contribution in [-0.4, -0.2) is 42.7 Å². The van der Waals surface area contributed by atoms with E-state index in [9.17, 15) is 9.90 Å². The van der Waals surface area contributed by atoms with E-state index in [-0.39, 0.29) is 24.8 Å². The molecule has 1 aromatic rings. The van der Waals surface area contributed by atoms with Crippen LogP contribution in [0.4, 0.5) is 4.79 Å². The Morgan fingerprint density at radius 3 is 2.48 bits per heavy atom. The Kier molecular flexibility index (Phi) is 8.86. The van der Waals surface area contributed by atoms with Gasteiger partial charge in [0, 0.05) is 16.7 Å². The predicted molar refractivity (Wildman–Crippen MR) is 98.5 cm³/mol. The number of halogens is 1. The van der Waals surface area contributed by atoms with E-state index in [1.165, 1.54) is 4.90 Å². The molecule has 1 N–H and O–H groups in total. The maximum atomic E-state index is 11.8. The molecule has 0 bridgehead atoms. The summed E-state index contributed by atoms with van der Waals surface area (Å²) in [6.45, 7) is 6.68. The summed E-state index contributed by atoms with van der Waals surface area (Å²) in [5.41, 5.74) is 1.04. The molecule has 0 saturated carbocycles. The smallest absolute Gasteiger partial charge is 0.408 e. The van der Waals surface area contributed by atoms with Crippen molar-refractivity contribution in [3.05, 3.63) is 33.4 Å². The number of nitrogens with zero attached hydrogens (tertiary/aromatic N) is 1. The summed E-state index contributed by atoms with van der Waals surface area (Å²) in [5.74, 6) is 0.215. The Morgan fingerprint density at radius 1 is 1.30 bits per heavy atom. The van der Waals surface area contributed by atoms with Gasteiger partial charge in [-0.2, -0.15) is 0 Å². The molecule has 0 spiro atoms. The summed E-state index contributed by atoms with van der Waals surface area (Å²) in [6, 6.07) is 7.65. The number of benzene rings is 1. The van der Waals surface area contributed by atoms with Crippen LogP contribution in [0.15, 0.2) is 24.3 Å². The molecule has 0 aromatic heterocycles. The molecule has 23 heavy (non-hydrogen) atoms. The van der Waals surface area contributed by atoms with E-state index in [1.807, 2.05) is 38.1 Å². The molecule has 6 heteroatoms. The molecule has 1 rings (SSSR count). The molecule has 0 aliphatic rings. The third-order valence-corrected chi connectivity index (χ3v) is 4.59. The zero-order valence-corrected chi connectivity index (χ0v) is 16.3. The van der Waals surface area contributed by atoms with Gasteiger partial charge in [0.1, 0.15) is 6.79 Å². The molecular weight excluding hydrogens is 409 g/mol. The highest BCUT2D eigenvalue weighted by molar-refractivity contribution is 14.1. The van der Waals surface area contributed by atoms with Crippen molar-refractivity contribution < 1.29 is 19.4 Å².